The van der Waals surface area contributed by atoms with Gasteiger partial charge in [0.25, 0.3) is 0 Å². The van der Waals surface area contributed by atoms with E-state index in [9.17, 15) is 0 Å². The van der Waals surface area contributed by atoms with Crippen LogP contribution < -0.4 is 10.6 Å². The number of pyridine rings is 1. The maximum atomic E-state index is 5.79. The second-order valence-electron chi connectivity index (χ2n) is 5.58. The Kier molecular flexibility index (Phi) is 10.4. The molecule has 5 nitrogen and oxygen atoms in total. The van der Waals surface area contributed by atoms with Crippen LogP contribution in [0.5, 0.6) is 0 Å². The number of likely N-dealkylation sites (N-methyl/N-ethyl adjacent to an activating group) is 1. The van der Waals surface area contributed by atoms with E-state index in [-0.39, 0.29) is 0 Å². The van der Waals surface area contributed by atoms with Gasteiger partial charge < -0.3 is 15.5 Å². The largest absolute Gasteiger partial charge is 0.357 e. The lowest BCUT2D eigenvalue weighted by Crippen LogP contribution is -2.39. The maximum Gasteiger partial charge on any atom is 0.191 e. The average Bonchev–Trinajstić information content (AvgIpc) is 2.54. The quantitative estimate of drug-likeness (QED) is 0.391. The molecule has 1 heterocycles. The highest BCUT2D eigenvalue weighted by Gasteiger charge is 2.00. The van der Waals surface area contributed by atoms with Gasteiger partial charge in [0.1, 0.15) is 5.15 Å². The van der Waals surface area contributed by atoms with E-state index < -0.39 is 0 Å². The Morgan fingerprint density at radius 2 is 2.09 bits per heavy atom. The number of nitrogens with one attached hydrogen (secondary N) is 2. The maximum absolute atomic E-state index is 5.79. The minimum Gasteiger partial charge on any atom is -0.357 e. The Balaban J connectivity index is 2.32. The van der Waals surface area contributed by atoms with Crippen molar-refractivity contribution in [3.8, 4) is 0 Å². The molecule has 130 valence electrons. The number of hydrogen-bond acceptors (Lipinski definition) is 3. The summed E-state index contributed by atoms with van der Waals surface area (Å²) >= 11 is 5.79. The molecule has 23 heavy (non-hydrogen) atoms. The van der Waals surface area contributed by atoms with E-state index in [1.54, 1.807) is 0 Å². The van der Waals surface area contributed by atoms with E-state index in [2.05, 4.69) is 46.4 Å². The van der Waals surface area contributed by atoms with Gasteiger partial charge in [0, 0.05) is 25.8 Å². The lowest BCUT2D eigenvalue weighted by Gasteiger charge is -2.15. The van der Waals surface area contributed by atoms with Gasteiger partial charge in [-0.1, -0.05) is 31.0 Å². The number of aliphatic imine (C=N–C) groups is 1. The molecule has 0 aliphatic heterocycles. The molecule has 1 aromatic rings. The van der Waals surface area contributed by atoms with Crippen molar-refractivity contribution in [3.63, 3.8) is 0 Å². The molecule has 0 saturated heterocycles. The molecule has 0 aromatic carbocycles. The van der Waals surface area contributed by atoms with Gasteiger partial charge in [0.05, 0.1) is 6.54 Å². The van der Waals surface area contributed by atoms with Crippen molar-refractivity contribution in [1.82, 2.24) is 20.5 Å². The van der Waals surface area contributed by atoms with Crippen LogP contribution in [0.1, 0.15) is 32.3 Å². The summed E-state index contributed by atoms with van der Waals surface area (Å²) in [4.78, 5) is 11.0. The van der Waals surface area contributed by atoms with Crippen LogP contribution in [0.25, 0.3) is 0 Å². The highest BCUT2D eigenvalue weighted by Crippen LogP contribution is 2.05. The van der Waals surface area contributed by atoms with Crippen LogP contribution in [0.3, 0.4) is 0 Å². The zero-order valence-corrected chi connectivity index (χ0v) is 15.4. The second kappa shape index (κ2) is 12.1. The summed E-state index contributed by atoms with van der Waals surface area (Å²) in [6.45, 7) is 8.90. The molecule has 0 radical (unpaired) electrons. The standard InChI is InChI=1S/C17H30ClN5/c1-4-6-12-23(3)13-11-21-17(19-5-2)20-10-9-15-7-8-16(18)22-14-15/h7-8,14H,4-6,9-13H2,1-3H3,(H2,19,20,21). The van der Waals surface area contributed by atoms with Gasteiger partial charge in [-0.2, -0.15) is 0 Å². The van der Waals surface area contributed by atoms with Crippen molar-refractivity contribution < 1.29 is 0 Å². The smallest absolute Gasteiger partial charge is 0.191 e. The normalized spacial score (nSPS) is 11.8. The summed E-state index contributed by atoms with van der Waals surface area (Å²) in [6, 6.07) is 3.83. The molecule has 0 atom stereocenters. The summed E-state index contributed by atoms with van der Waals surface area (Å²) in [5.74, 6) is 0.873. The number of nitrogens with zero attached hydrogens (tertiary/aromatic N) is 3. The van der Waals surface area contributed by atoms with E-state index in [0.29, 0.717) is 5.15 Å². The van der Waals surface area contributed by atoms with E-state index in [1.807, 2.05) is 18.3 Å². The molecule has 0 unspecified atom stereocenters. The van der Waals surface area contributed by atoms with Crippen molar-refractivity contribution in [3.05, 3.63) is 29.0 Å². The molecule has 6 heteroatoms. The molecular weight excluding hydrogens is 310 g/mol. The summed E-state index contributed by atoms with van der Waals surface area (Å²) in [5.41, 5.74) is 1.16. The van der Waals surface area contributed by atoms with Crippen LogP contribution in [0.4, 0.5) is 0 Å². The molecule has 0 spiro atoms. The minimum atomic E-state index is 0.531. The minimum absolute atomic E-state index is 0.531. The van der Waals surface area contributed by atoms with E-state index >= 15 is 0 Å². The van der Waals surface area contributed by atoms with Crippen molar-refractivity contribution in [2.24, 2.45) is 4.99 Å². The number of aromatic nitrogens is 1. The van der Waals surface area contributed by atoms with Gasteiger partial charge >= 0.3 is 0 Å². The summed E-state index contributed by atoms with van der Waals surface area (Å²) in [5, 5.41) is 7.17. The Labute approximate surface area is 145 Å². The van der Waals surface area contributed by atoms with Crippen LogP contribution in [-0.4, -0.2) is 55.6 Å². The molecule has 0 aliphatic rings. The number of halogens is 1. The fourth-order valence-electron chi connectivity index (χ4n) is 2.09. The van der Waals surface area contributed by atoms with Gasteiger partial charge in [0.15, 0.2) is 5.96 Å². The summed E-state index contributed by atoms with van der Waals surface area (Å²) in [6.07, 6.45) is 5.19. The lowest BCUT2D eigenvalue weighted by atomic mass is 10.2. The van der Waals surface area contributed by atoms with Crippen molar-refractivity contribution in [2.75, 3.05) is 39.8 Å². The van der Waals surface area contributed by atoms with E-state index in [0.717, 1.165) is 50.7 Å². The van der Waals surface area contributed by atoms with Crippen LogP contribution in [-0.2, 0) is 6.42 Å². The van der Waals surface area contributed by atoms with Crippen LogP contribution in [0.2, 0.25) is 5.15 Å². The van der Waals surface area contributed by atoms with Gasteiger partial charge in [-0.25, -0.2) is 4.98 Å². The predicted molar refractivity (Wildman–Crippen MR) is 99.3 cm³/mol. The monoisotopic (exact) mass is 339 g/mol. The SMILES string of the molecule is CCCCN(C)CCN=C(NCC)NCCc1ccc(Cl)nc1. The second-order valence-corrected chi connectivity index (χ2v) is 5.97. The average molecular weight is 340 g/mol. The molecule has 0 aliphatic carbocycles. The fourth-order valence-corrected chi connectivity index (χ4v) is 2.21. The zero-order chi connectivity index (χ0) is 16.9. The highest BCUT2D eigenvalue weighted by atomic mass is 35.5. The van der Waals surface area contributed by atoms with Gasteiger partial charge in [0.2, 0.25) is 0 Å². The lowest BCUT2D eigenvalue weighted by molar-refractivity contribution is 0.337. The van der Waals surface area contributed by atoms with Crippen LogP contribution in [0, 0.1) is 0 Å². The number of hydrogen-bond donors (Lipinski definition) is 2. The number of rotatable bonds is 10. The van der Waals surface area contributed by atoms with Crippen LogP contribution >= 0.6 is 11.6 Å². The predicted octanol–water partition coefficient (Wildman–Crippen LogP) is 2.56. The molecule has 0 saturated carbocycles. The van der Waals surface area contributed by atoms with Crippen molar-refractivity contribution in [1.29, 1.82) is 0 Å². The Morgan fingerprint density at radius 1 is 1.26 bits per heavy atom. The molecule has 2 N–H and O–H groups in total. The summed E-state index contributed by atoms with van der Waals surface area (Å²) < 4.78 is 0. The molecule has 0 amide bonds. The highest BCUT2D eigenvalue weighted by molar-refractivity contribution is 6.29. The van der Waals surface area contributed by atoms with E-state index in [1.165, 1.54) is 12.8 Å². The first-order valence-corrected chi connectivity index (χ1v) is 8.84. The third-order valence-corrected chi connectivity index (χ3v) is 3.71. The molecule has 0 fully saturated rings. The zero-order valence-electron chi connectivity index (χ0n) is 14.6. The Hall–Kier alpha value is -1.33. The molecular formula is C17H30ClN5. The molecule has 1 rings (SSSR count). The van der Waals surface area contributed by atoms with Crippen LogP contribution in [0.15, 0.2) is 23.3 Å². The first kappa shape index (κ1) is 19.7. The third kappa shape index (κ3) is 9.41. The first-order valence-electron chi connectivity index (χ1n) is 8.46. The molecule has 1 aromatic heterocycles. The van der Waals surface area contributed by atoms with E-state index in [4.69, 9.17) is 11.6 Å². The summed E-state index contributed by atoms with van der Waals surface area (Å²) in [7, 11) is 2.15. The Bertz CT molecular complexity index is 447. The van der Waals surface area contributed by atoms with Gasteiger partial charge in [-0.15, -0.1) is 0 Å². The Morgan fingerprint density at radius 3 is 2.74 bits per heavy atom. The van der Waals surface area contributed by atoms with Crippen molar-refractivity contribution in [2.45, 2.75) is 33.1 Å². The molecule has 0 bridgehead atoms. The topological polar surface area (TPSA) is 52.5 Å². The van der Waals surface area contributed by atoms with Gasteiger partial charge in [-0.3, -0.25) is 4.99 Å². The number of unbranched alkanes of at least 4 members (excludes halogenated alkanes) is 1. The van der Waals surface area contributed by atoms with Gasteiger partial charge in [-0.05, 0) is 45.0 Å². The number of guanidine groups is 1. The first-order chi connectivity index (χ1) is 11.2. The third-order valence-electron chi connectivity index (χ3n) is 3.48. The van der Waals surface area contributed by atoms with Crippen molar-refractivity contribution >= 4 is 17.6 Å². The fraction of sp³-hybridized carbons (Fsp3) is 0.647.